The topological polar surface area (TPSA) is 91.0 Å². The van der Waals surface area contributed by atoms with Crippen molar-refractivity contribution in [2.45, 2.75) is 13.5 Å². The van der Waals surface area contributed by atoms with Gasteiger partial charge in [-0.25, -0.2) is 15.0 Å². The number of anilines is 1. The van der Waals surface area contributed by atoms with E-state index in [1.165, 1.54) is 5.56 Å². The lowest BCUT2D eigenvalue weighted by Gasteiger charge is -2.30. The molecule has 1 aliphatic heterocycles. The highest BCUT2D eigenvalue weighted by Crippen LogP contribution is 2.34. The normalized spacial score (nSPS) is 14.1. The molecule has 8 nitrogen and oxygen atoms in total. The van der Waals surface area contributed by atoms with Gasteiger partial charge in [0.05, 0.1) is 18.9 Å². The van der Waals surface area contributed by atoms with Gasteiger partial charge in [-0.3, -0.25) is 0 Å². The molecule has 8 heteroatoms. The van der Waals surface area contributed by atoms with E-state index in [1.807, 2.05) is 25.5 Å². The van der Waals surface area contributed by atoms with Crippen LogP contribution in [0.25, 0.3) is 33.7 Å². The molecule has 0 saturated carbocycles. The third-order valence-electron chi connectivity index (χ3n) is 6.21. The van der Waals surface area contributed by atoms with E-state index < -0.39 is 0 Å². The maximum atomic E-state index is 5.60. The van der Waals surface area contributed by atoms with Crippen molar-refractivity contribution in [1.82, 2.24) is 30.6 Å². The Kier molecular flexibility index (Phi) is 6.80. The number of likely N-dealkylation sites (N-methyl/N-ethyl adjacent to an activating group) is 1. The molecule has 3 N–H and O–H groups in total. The van der Waals surface area contributed by atoms with Crippen LogP contribution in [0.1, 0.15) is 11.1 Å². The Bertz CT molecular complexity index is 1260. The quantitative estimate of drug-likeness (QED) is 0.350. The van der Waals surface area contributed by atoms with Crippen LogP contribution in [0.4, 0.5) is 5.82 Å². The Morgan fingerprint density at radius 3 is 2.82 bits per heavy atom. The fraction of sp³-hybridized carbons (Fsp3) is 0.346. The van der Waals surface area contributed by atoms with Crippen LogP contribution in [0.15, 0.2) is 48.8 Å². The number of aromatic nitrogens is 4. The van der Waals surface area contributed by atoms with Crippen LogP contribution in [0, 0.1) is 6.92 Å². The lowest BCUT2D eigenvalue weighted by Crippen LogP contribution is -2.37. The Morgan fingerprint density at radius 1 is 1.09 bits per heavy atom. The van der Waals surface area contributed by atoms with Gasteiger partial charge in [0.25, 0.3) is 0 Å². The fourth-order valence-corrected chi connectivity index (χ4v) is 4.41. The first kappa shape index (κ1) is 22.5. The van der Waals surface area contributed by atoms with E-state index in [0.717, 1.165) is 77.8 Å². The van der Waals surface area contributed by atoms with Crippen molar-refractivity contribution < 1.29 is 4.74 Å². The van der Waals surface area contributed by atoms with Gasteiger partial charge in [-0.15, -0.1) is 0 Å². The number of nitrogens with one attached hydrogen (secondary N) is 3. The summed E-state index contributed by atoms with van der Waals surface area (Å²) in [5.74, 6) is 1.71. The summed E-state index contributed by atoms with van der Waals surface area (Å²) in [4.78, 5) is 20.2. The Hall–Kier alpha value is -3.33. The average Bonchev–Trinajstić information content (AvgIpc) is 3.37. The number of pyridine rings is 1. The van der Waals surface area contributed by atoms with Crippen molar-refractivity contribution in [2.75, 3.05) is 51.3 Å². The summed E-state index contributed by atoms with van der Waals surface area (Å²) in [5, 5.41) is 7.70. The molecule has 0 spiro atoms. The molecule has 0 aliphatic carbocycles. The molecule has 0 radical (unpaired) electrons. The number of hydrogen-bond acceptors (Lipinski definition) is 7. The second kappa shape index (κ2) is 10.3. The molecule has 0 atom stereocenters. The summed E-state index contributed by atoms with van der Waals surface area (Å²) in [5.41, 5.74) is 6.17. The number of aromatic amines is 1. The highest BCUT2D eigenvalue weighted by molar-refractivity contribution is 5.93. The molecule has 4 aromatic rings. The molecule has 176 valence electrons. The molecule has 1 fully saturated rings. The zero-order valence-electron chi connectivity index (χ0n) is 19.8. The second-order valence-electron chi connectivity index (χ2n) is 8.52. The van der Waals surface area contributed by atoms with Crippen molar-refractivity contribution in [3.8, 4) is 22.6 Å². The summed E-state index contributed by atoms with van der Waals surface area (Å²) in [6.45, 7) is 7.83. The monoisotopic (exact) mass is 457 g/mol. The van der Waals surface area contributed by atoms with Gasteiger partial charge in [0.15, 0.2) is 5.82 Å². The van der Waals surface area contributed by atoms with E-state index >= 15 is 0 Å². The minimum absolute atomic E-state index is 0.708. The molecule has 1 aromatic carbocycles. The zero-order valence-corrected chi connectivity index (χ0v) is 19.8. The van der Waals surface area contributed by atoms with Crippen molar-refractivity contribution in [3.63, 3.8) is 0 Å². The standard InChI is InChI=1S/C26H31N7O/c1-18-23(21-6-8-29-25-22(21)7-9-30-25)31-24(32-26(18)33-12-14-34-15-13-33)20-5-3-4-19(16-20)17-28-11-10-27-2/h3-9,16,27-28H,10-15,17H2,1-2H3,(H,29,30). The predicted octanol–water partition coefficient (Wildman–Crippen LogP) is 3.14. The first-order chi connectivity index (χ1) is 16.7. The van der Waals surface area contributed by atoms with Crippen LogP contribution >= 0.6 is 0 Å². The van der Waals surface area contributed by atoms with Crippen molar-refractivity contribution in [2.24, 2.45) is 0 Å². The largest absolute Gasteiger partial charge is 0.378 e. The average molecular weight is 458 g/mol. The van der Waals surface area contributed by atoms with Gasteiger partial charge in [0.2, 0.25) is 0 Å². The van der Waals surface area contributed by atoms with Crippen LogP contribution in [-0.2, 0) is 11.3 Å². The van der Waals surface area contributed by atoms with Gasteiger partial charge in [-0.1, -0.05) is 18.2 Å². The van der Waals surface area contributed by atoms with Crippen LogP contribution < -0.4 is 15.5 Å². The number of H-pyrrole nitrogens is 1. The smallest absolute Gasteiger partial charge is 0.162 e. The molecule has 0 amide bonds. The predicted molar refractivity (Wildman–Crippen MR) is 136 cm³/mol. The fourth-order valence-electron chi connectivity index (χ4n) is 4.41. The third-order valence-corrected chi connectivity index (χ3v) is 6.21. The molecule has 1 aliphatic rings. The zero-order chi connectivity index (χ0) is 23.3. The molecule has 0 bridgehead atoms. The molecular formula is C26H31N7O. The van der Waals surface area contributed by atoms with Gasteiger partial charge in [-0.2, -0.15) is 0 Å². The van der Waals surface area contributed by atoms with E-state index in [2.05, 4.69) is 62.8 Å². The second-order valence-corrected chi connectivity index (χ2v) is 8.52. The van der Waals surface area contributed by atoms with Crippen LogP contribution in [0.3, 0.4) is 0 Å². The number of fused-ring (bicyclic) bond motifs is 1. The highest BCUT2D eigenvalue weighted by atomic mass is 16.5. The summed E-state index contributed by atoms with van der Waals surface area (Å²) in [6.07, 6.45) is 3.76. The lowest BCUT2D eigenvalue weighted by molar-refractivity contribution is 0.122. The third kappa shape index (κ3) is 4.65. The summed E-state index contributed by atoms with van der Waals surface area (Å²) >= 11 is 0. The van der Waals surface area contributed by atoms with Crippen molar-refractivity contribution in [3.05, 3.63) is 59.9 Å². The maximum Gasteiger partial charge on any atom is 0.162 e. The summed E-state index contributed by atoms with van der Waals surface area (Å²) < 4.78 is 5.60. The summed E-state index contributed by atoms with van der Waals surface area (Å²) in [6, 6.07) is 12.6. The van der Waals surface area contributed by atoms with Crippen LogP contribution in [0.5, 0.6) is 0 Å². The van der Waals surface area contributed by atoms with Crippen molar-refractivity contribution >= 4 is 16.9 Å². The number of rotatable bonds is 8. The molecule has 4 heterocycles. The van der Waals surface area contributed by atoms with Gasteiger partial charge >= 0.3 is 0 Å². The van der Waals surface area contributed by atoms with Gasteiger partial charge < -0.3 is 25.3 Å². The SMILES string of the molecule is CNCCNCc1cccc(-c2nc(-c3ccnc4[nH]ccc34)c(C)c(N3CCOCC3)n2)c1. The Balaban J connectivity index is 1.59. The van der Waals surface area contributed by atoms with Gasteiger partial charge in [0.1, 0.15) is 11.5 Å². The van der Waals surface area contributed by atoms with E-state index in [-0.39, 0.29) is 0 Å². The van der Waals surface area contributed by atoms with E-state index in [4.69, 9.17) is 14.7 Å². The Labute approximate surface area is 199 Å². The van der Waals surface area contributed by atoms with Crippen molar-refractivity contribution in [1.29, 1.82) is 0 Å². The van der Waals surface area contributed by atoms with E-state index in [0.29, 0.717) is 13.2 Å². The van der Waals surface area contributed by atoms with E-state index in [1.54, 1.807) is 0 Å². The first-order valence-electron chi connectivity index (χ1n) is 11.8. The molecule has 1 saturated heterocycles. The minimum Gasteiger partial charge on any atom is -0.378 e. The maximum absolute atomic E-state index is 5.60. The molecule has 3 aromatic heterocycles. The number of nitrogens with zero attached hydrogens (tertiary/aromatic N) is 4. The van der Waals surface area contributed by atoms with Crippen LogP contribution in [-0.4, -0.2) is 66.4 Å². The molecule has 5 rings (SSSR count). The number of hydrogen-bond donors (Lipinski definition) is 3. The molecular weight excluding hydrogens is 426 g/mol. The van der Waals surface area contributed by atoms with E-state index in [9.17, 15) is 0 Å². The number of ether oxygens (including phenoxy) is 1. The highest BCUT2D eigenvalue weighted by Gasteiger charge is 2.21. The summed E-state index contributed by atoms with van der Waals surface area (Å²) in [7, 11) is 1.96. The lowest BCUT2D eigenvalue weighted by atomic mass is 10.0. The molecule has 34 heavy (non-hydrogen) atoms. The Morgan fingerprint density at radius 2 is 1.97 bits per heavy atom. The van der Waals surface area contributed by atoms with Crippen LogP contribution in [0.2, 0.25) is 0 Å². The van der Waals surface area contributed by atoms with Gasteiger partial charge in [-0.05, 0) is 37.7 Å². The van der Waals surface area contributed by atoms with Gasteiger partial charge in [0, 0.05) is 67.2 Å². The number of benzene rings is 1. The molecule has 0 unspecified atom stereocenters. The first-order valence-corrected chi connectivity index (χ1v) is 11.8. The number of morpholine rings is 1. The minimum atomic E-state index is 0.708.